The van der Waals surface area contributed by atoms with E-state index in [0.29, 0.717) is 28.4 Å². The Labute approximate surface area is 174 Å². The molecule has 0 spiro atoms. The van der Waals surface area contributed by atoms with Gasteiger partial charge in [-0.1, -0.05) is 68.3 Å². The highest BCUT2D eigenvalue weighted by Gasteiger charge is 2.67. The minimum absolute atomic E-state index is 0.0557. The second-order valence-electron chi connectivity index (χ2n) is 9.60. The number of allylic oxidation sites excluding steroid dienone is 4. The van der Waals surface area contributed by atoms with Crippen molar-refractivity contribution in [2.24, 2.45) is 34.5 Å². The van der Waals surface area contributed by atoms with Crippen LogP contribution in [0.2, 0.25) is 0 Å². The molecule has 3 heteroatoms. The van der Waals surface area contributed by atoms with Crippen molar-refractivity contribution in [2.75, 3.05) is 7.11 Å². The molecule has 0 aromatic heterocycles. The molecule has 152 valence electrons. The first-order valence-electron chi connectivity index (χ1n) is 10.8. The lowest BCUT2D eigenvalue weighted by molar-refractivity contribution is -0.145. The van der Waals surface area contributed by atoms with Gasteiger partial charge in [0.15, 0.2) is 5.78 Å². The molecule has 0 heterocycles. The molecule has 8 atom stereocenters. The van der Waals surface area contributed by atoms with Crippen LogP contribution in [0.5, 0.6) is 0 Å². The van der Waals surface area contributed by atoms with Crippen molar-refractivity contribution >= 4 is 21.7 Å². The van der Waals surface area contributed by atoms with E-state index >= 15 is 0 Å². The van der Waals surface area contributed by atoms with E-state index in [-0.39, 0.29) is 22.3 Å². The van der Waals surface area contributed by atoms with Crippen molar-refractivity contribution < 1.29 is 9.53 Å². The summed E-state index contributed by atoms with van der Waals surface area (Å²) in [5.41, 5.74) is 1.30. The number of alkyl halides is 1. The number of methoxy groups -OCH3 is 1. The van der Waals surface area contributed by atoms with Crippen molar-refractivity contribution in [3.05, 3.63) is 23.8 Å². The van der Waals surface area contributed by atoms with Crippen LogP contribution >= 0.6 is 15.9 Å². The fourth-order valence-electron chi connectivity index (χ4n) is 6.71. The fraction of sp³-hybridized carbons (Fsp3) is 0.792. The van der Waals surface area contributed by atoms with Crippen LogP contribution in [0.25, 0.3) is 0 Å². The normalized spacial score (nSPS) is 50.7. The SMILES string of the molecule is CC.COC1(C)C(Br)CC2C3C(=O)C=C4CC(C)C=CC4(C)C3CCC21C. The van der Waals surface area contributed by atoms with Gasteiger partial charge in [-0.25, -0.2) is 0 Å². The monoisotopic (exact) mass is 436 g/mol. The maximum absolute atomic E-state index is 13.3. The molecule has 0 radical (unpaired) electrons. The van der Waals surface area contributed by atoms with Crippen molar-refractivity contribution in [3.63, 3.8) is 0 Å². The quantitative estimate of drug-likeness (QED) is 0.353. The highest BCUT2D eigenvalue weighted by molar-refractivity contribution is 9.09. The first-order chi connectivity index (χ1) is 12.7. The molecule has 0 bridgehead atoms. The van der Waals surface area contributed by atoms with Crippen LogP contribution in [0.3, 0.4) is 0 Å². The Bertz CT molecular complexity index is 667. The van der Waals surface area contributed by atoms with Gasteiger partial charge in [0.2, 0.25) is 0 Å². The molecule has 0 aromatic carbocycles. The van der Waals surface area contributed by atoms with Crippen LogP contribution in [-0.4, -0.2) is 23.3 Å². The van der Waals surface area contributed by atoms with E-state index in [2.05, 4.69) is 55.8 Å². The molecular weight excluding hydrogens is 400 g/mol. The average Bonchev–Trinajstić information content (AvgIpc) is 2.86. The van der Waals surface area contributed by atoms with Gasteiger partial charge in [-0.15, -0.1) is 0 Å². The zero-order valence-electron chi connectivity index (χ0n) is 18.1. The lowest BCUT2D eigenvalue weighted by atomic mass is 9.47. The molecule has 2 nitrogen and oxygen atoms in total. The van der Waals surface area contributed by atoms with E-state index in [4.69, 9.17) is 4.74 Å². The summed E-state index contributed by atoms with van der Waals surface area (Å²) in [5, 5.41) is 0. The maximum atomic E-state index is 13.3. The molecule has 27 heavy (non-hydrogen) atoms. The van der Waals surface area contributed by atoms with Gasteiger partial charge in [0.1, 0.15) is 0 Å². The lowest BCUT2D eigenvalue weighted by Gasteiger charge is -2.57. The number of ether oxygens (including phenoxy) is 1. The molecule has 0 amide bonds. The molecule has 0 aromatic rings. The van der Waals surface area contributed by atoms with Crippen LogP contribution < -0.4 is 0 Å². The molecule has 2 fully saturated rings. The third-order valence-electron chi connectivity index (χ3n) is 8.70. The predicted molar refractivity (Wildman–Crippen MR) is 116 cm³/mol. The molecule has 0 N–H and O–H groups in total. The topological polar surface area (TPSA) is 26.3 Å². The highest BCUT2D eigenvalue weighted by atomic mass is 79.9. The third-order valence-corrected chi connectivity index (χ3v) is 9.94. The summed E-state index contributed by atoms with van der Waals surface area (Å²) < 4.78 is 6.06. The molecule has 2 saturated carbocycles. The molecule has 4 rings (SSSR count). The van der Waals surface area contributed by atoms with Crippen molar-refractivity contribution in [1.29, 1.82) is 0 Å². The van der Waals surface area contributed by atoms with E-state index in [1.54, 1.807) is 0 Å². The number of halogens is 1. The summed E-state index contributed by atoms with van der Waals surface area (Å²) in [7, 11) is 1.83. The van der Waals surface area contributed by atoms with Gasteiger partial charge < -0.3 is 4.74 Å². The largest absolute Gasteiger partial charge is 0.377 e. The number of hydrogen-bond acceptors (Lipinski definition) is 2. The third kappa shape index (κ3) is 2.78. The zero-order valence-corrected chi connectivity index (χ0v) is 19.7. The van der Waals surface area contributed by atoms with Crippen molar-refractivity contribution in [1.82, 2.24) is 0 Å². The van der Waals surface area contributed by atoms with Gasteiger partial charge >= 0.3 is 0 Å². The number of carbonyl (C=O) groups is 1. The second-order valence-corrected chi connectivity index (χ2v) is 10.7. The van der Waals surface area contributed by atoms with Gasteiger partial charge in [0.05, 0.1) is 5.60 Å². The van der Waals surface area contributed by atoms with E-state index in [1.807, 2.05) is 27.0 Å². The summed E-state index contributed by atoms with van der Waals surface area (Å²) in [5.74, 6) is 1.92. The summed E-state index contributed by atoms with van der Waals surface area (Å²) >= 11 is 3.91. The van der Waals surface area contributed by atoms with Crippen molar-refractivity contribution in [2.45, 2.75) is 77.7 Å². The number of ketones is 1. The smallest absolute Gasteiger partial charge is 0.159 e. The van der Waals surface area contributed by atoms with E-state index < -0.39 is 0 Å². The minimum atomic E-state index is -0.204. The molecular formula is C24H37BrO2. The molecule has 4 aliphatic carbocycles. The van der Waals surface area contributed by atoms with E-state index in [1.165, 1.54) is 5.57 Å². The Morgan fingerprint density at radius 3 is 2.48 bits per heavy atom. The maximum Gasteiger partial charge on any atom is 0.159 e. The number of fused-ring (bicyclic) bond motifs is 5. The summed E-state index contributed by atoms with van der Waals surface area (Å²) in [6, 6.07) is 0. The van der Waals surface area contributed by atoms with Crippen LogP contribution in [0.4, 0.5) is 0 Å². The Morgan fingerprint density at radius 2 is 1.85 bits per heavy atom. The standard InChI is InChI=1S/C22H31BrO2.C2H6/c1-13-6-8-20(2)14(10-13)11-17(24)19-15(20)7-9-21(3)16(19)12-18(23)22(21,4)25-5;1-2/h6,8,11,13,15-16,18-19H,7,9-10,12H2,1-5H3;1-2H3. The number of hydrogen-bond donors (Lipinski definition) is 0. The first-order valence-corrected chi connectivity index (χ1v) is 11.7. The first kappa shape index (κ1) is 21.3. The number of carbonyl (C=O) groups excluding carboxylic acids is 1. The van der Waals surface area contributed by atoms with Crippen LogP contribution in [-0.2, 0) is 9.53 Å². The Morgan fingerprint density at radius 1 is 1.19 bits per heavy atom. The summed E-state index contributed by atoms with van der Waals surface area (Å²) in [6.07, 6.45) is 11.2. The Hall–Kier alpha value is -0.410. The molecule has 8 unspecified atom stereocenters. The summed E-state index contributed by atoms with van der Waals surface area (Å²) in [4.78, 5) is 13.6. The highest BCUT2D eigenvalue weighted by Crippen LogP contribution is 2.67. The van der Waals surface area contributed by atoms with Gasteiger partial charge in [0, 0.05) is 28.7 Å². The van der Waals surface area contributed by atoms with Gasteiger partial charge in [-0.2, -0.15) is 0 Å². The van der Waals surface area contributed by atoms with E-state index in [9.17, 15) is 4.79 Å². The Kier molecular flexibility index (Phi) is 5.62. The van der Waals surface area contributed by atoms with Crippen LogP contribution in [0, 0.1) is 34.5 Å². The Balaban J connectivity index is 0.00000102. The zero-order chi connectivity index (χ0) is 20.2. The lowest BCUT2D eigenvalue weighted by Crippen LogP contribution is -2.56. The van der Waals surface area contributed by atoms with Crippen LogP contribution in [0.1, 0.15) is 67.2 Å². The van der Waals surface area contributed by atoms with Gasteiger partial charge in [0.25, 0.3) is 0 Å². The molecule has 0 saturated heterocycles. The second kappa shape index (κ2) is 7.13. The molecule has 0 aliphatic heterocycles. The van der Waals surface area contributed by atoms with Gasteiger partial charge in [-0.05, 0) is 56.4 Å². The van der Waals surface area contributed by atoms with Crippen LogP contribution in [0.15, 0.2) is 23.8 Å². The summed E-state index contributed by atoms with van der Waals surface area (Å²) in [6.45, 7) is 13.2. The predicted octanol–water partition coefficient (Wildman–Crippen LogP) is 6.35. The molecule has 4 aliphatic rings. The number of rotatable bonds is 1. The fourth-order valence-corrected chi connectivity index (χ4v) is 7.82. The van der Waals surface area contributed by atoms with Crippen molar-refractivity contribution in [3.8, 4) is 0 Å². The van der Waals surface area contributed by atoms with Gasteiger partial charge in [-0.3, -0.25) is 4.79 Å². The van der Waals surface area contributed by atoms with E-state index in [0.717, 1.165) is 25.7 Å². The minimum Gasteiger partial charge on any atom is -0.377 e. The average molecular weight is 437 g/mol.